The second-order valence-electron chi connectivity index (χ2n) is 4.82. The van der Waals surface area contributed by atoms with Crippen LogP contribution in [0.3, 0.4) is 0 Å². The molecule has 7 heteroatoms. The molecule has 0 spiro atoms. The third kappa shape index (κ3) is 3.57. The second kappa shape index (κ2) is 5.34. The van der Waals surface area contributed by atoms with E-state index in [0.29, 0.717) is 37.5 Å². The number of amides is 1. The third-order valence-electron chi connectivity index (χ3n) is 3.22. The molecule has 0 bridgehead atoms. The molecular weight excluding hydrogens is 268 g/mol. The minimum Gasteiger partial charge on any atom is -0.456 e. The molecule has 1 aromatic heterocycles. The molecule has 19 heavy (non-hydrogen) atoms. The number of nitrogens with zero attached hydrogens (tertiary/aromatic N) is 1. The summed E-state index contributed by atoms with van der Waals surface area (Å²) in [5.41, 5.74) is 0. The van der Waals surface area contributed by atoms with Gasteiger partial charge in [-0.25, -0.2) is 12.7 Å². The van der Waals surface area contributed by atoms with Gasteiger partial charge in [0, 0.05) is 19.1 Å². The smallest absolute Gasteiger partial charge is 0.287 e. The molecule has 1 saturated heterocycles. The van der Waals surface area contributed by atoms with E-state index in [4.69, 9.17) is 4.42 Å². The summed E-state index contributed by atoms with van der Waals surface area (Å²) in [6.45, 7) is 2.67. The Morgan fingerprint density at radius 2 is 2.00 bits per heavy atom. The van der Waals surface area contributed by atoms with E-state index in [2.05, 4.69) is 5.32 Å². The molecule has 1 fully saturated rings. The van der Waals surface area contributed by atoms with Gasteiger partial charge >= 0.3 is 0 Å². The fourth-order valence-corrected chi connectivity index (χ4v) is 3.02. The Labute approximate surface area is 112 Å². The molecule has 1 amide bonds. The molecule has 1 N–H and O–H groups in total. The monoisotopic (exact) mass is 286 g/mol. The lowest BCUT2D eigenvalue weighted by molar-refractivity contribution is 0.0894. The Morgan fingerprint density at radius 1 is 1.37 bits per heavy atom. The van der Waals surface area contributed by atoms with E-state index in [1.54, 1.807) is 19.1 Å². The molecule has 1 aliphatic rings. The van der Waals surface area contributed by atoms with Crippen molar-refractivity contribution < 1.29 is 17.6 Å². The number of furan rings is 1. The molecular formula is C12H18N2O4S. The quantitative estimate of drug-likeness (QED) is 0.889. The number of hydrogen-bond donors (Lipinski definition) is 1. The highest BCUT2D eigenvalue weighted by molar-refractivity contribution is 7.88. The van der Waals surface area contributed by atoms with Gasteiger partial charge in [0.2, 0.25) is 10.0 Å². The van der Waals surface area contributed by atoms with Crippen LogP contribution in [-0.4, -0.2) is 44.0 Å². The molecule has 2 rings (SSSR count). The average molecular weight is 286 g/mol. The van der Waals surface area contributed by atoms with Crippen LogP contribution >= 0.6 is 0 Å². The van der Waals surface area contributed by atoms with Crippen LogP contribution in [0.1, 0.15) is 29.2 Å². The summed E-state index contributed by atoms with van der Waals surface area (Å²) in [4.78, 5) is 11.9. The molecule has 0 saturated carbocycles. The van der Waals surface area contributed by atoms with Crippen molar-refractivity contribution in [3.8, 4) is 0 Å². The van der Waals surface area contributed by atoms with E-state index in [1.165, 1.54) is 10.6 Å². The van der Waals surface area contributed by atoms with Crippen LogP contribution in [0, 0.1) is 6.92 Å². The van der Waals surface area contributed by atoms with Gasteiger partial charge in [0.05, 0.1) is 6.26 Å². The topological polar surface area (TPSA) is 79.6 Å². The van der Waals surface area contributed by atoms with Gasteiger partial charge in [-0.15, -0.1) is 0 Å². The van der Waals surface area contributed by atoms with Crippen LogP contribution in [0.15, 0.2) is 16.5 Å². The summed E-state index contributed by atoms with van der Waals surface area (Å²) >= 11 is 0. The Kier molecular flexibility index (Phi) is 3.96. The molecule has 0 unspecified atom stereocenters. The van der Waals surface area contributed by atoms with Crippen molar-refractivity contribution in [1.29, 1.82) is 0 Å². The maximum Gasteiger partial charge on any atom is 0.287 e. The number of piperidine rings is 1. The van der Waals surface area contributed by atoms with Crippen LogP contribution in [0.25, 0.3) is 0 Å². The zero-order chi connectivity index (χ0) is 14.0. The van der Waals surface area contributed by atoms with Crippen LogP contribution in [-0.2, 0) is 10.0 Å². The van der Waals surface area contributed by atoms with Crippen molar-refractivity contribution in [3.63, 3.8) is 0 Å². The van der Waals surface area contributed by atoms with Gasteiger partial charge in [0.15, 0.2) is 5.76 Å². The molecule has 6 nitrogen and oxygen atoms in total. The minimum atomic E-state index is -3.12. The third-order valence-corrected chi connectivity index (χ3v) is 4.53. The van der Waals surface area contributed by atoms with Crippen molar-refractivity contribution in [1.82, 2.24) is 9.62 Å². The first-order chi connectivity index (χ1) is 8.86. The van der Waals surface area contributed by atoms with Crippen LogP contribution < -0.4 is 5.32 Å². The number of aryl methyl sites for hydroxylation is 1. The molecule has 1 aromatic rings. The first kappa shape index (κ1) is 14.1. The summed E-state index contributed by atoms with van der Waals surface area (Å²) < 4.78 is 29.4. The zero-order valence-corrected chi connectivity index (χ0v) is 11.9. The molecule has 0 atom stereocenters. The van der Waals surface area contributed by atoms with Gasteiger partial charge in [-0.05, 0) is 31.9 Å². The number of rotatable bonds is 3. The molecule has 106 valence electrons. The number of carbonyl (C=O) groups is 1. The Balaban J connectivity index is 1.88. The predicted octanol–water partition coefficient (Wildman–Crippen LogP) is 0.742. The van der Waals surface area contributed by atoms with Gasteiger partial charge in [-0.2, -0.15) is 0 Å². The lowest BCUT2D eigenvalue weighted by Gasteiger charge is -2.30. The Hall–Kier alpha value is -1.34. The summed E-state index contributed by atoms with van der Waals surface area (Å²) in [6, 6.07) is 3.37. The van der Waals surface area contributed by atoms with E-state index >= 15 is 0 Å². The maximum atomic E-state index is 11.9. The van der Waals surface area contributed by atoms with Crippen molar-refractivity contribution in [2.75, 3.05) is 19.3 Å². The lowest BCUT2D eigenvalue weighted by atomic mass is 10.1. The van der Waals surface area contributed by atoms with Crippen molar-refractivity contribution in [3.05, 3.63) is 23.7 Å². The van der Waals surface area contributed by atoms with E-state index in [0.717, 1.165) is 0 Å². The van der Waals surface area contributed by atoms with Crippen molar-refractivity contribution in [2.24, 2.45) is 0 Å². The number of nitrogens with one attached hydrogen (secondary N) is 1. The number of carbonyl (C=O) groups excluding carboxylic acids is 1. The normalized spacial score (nSPS) is 18.4. The SMILES string of the molecule is Cc1ccc(C(=O)NC2CCN(S(C)(=O)=O)CC2)o1. The largest absolute Gasteiger partial charge is 0.456 e. The number of sulfonamides is 1. The zero-order valence-electron chi connectivity index (χ0n) is 11.0. The van der Waals surface area contributed by atoms with Crippen LogP contribution in [0.2, 0.25) is 0 Å². The first-order valence-electron chi connectivity index (χ1n) is 6.18. The average Bonchev–Trinajstić information content (AvgIpc) is 2.75. The van der Waals surface area contributed by atoms with Crippen molar-refractivity contribution >= 4 is 15.9 Å². The van der Waals surface area contributed by atoms with Crippen LogP contribution in [0.4, 0.5) is 0 Å². The second-order valence-corrected chi connectivity index (χ2v) is 6.80. The summed E-state index contributed by atoms with van der Waals surface area (Å²) in [6.07, 6.45) is 2.45. The number of hydrogen-bond acceptors (Lipinski definition) is 4. The highest BCUT2D eigenvalue weighted by atomic mass is 32.2. The van der Waals surface area contributed by atoms with Gasteiger partial charge in [0.1, 0.15) is 5.76 Å². The van der Waals surface area contributed by atoms with Gasteiger partial charge in [0.25, 0.3) is 5.91 Å². The predicted molar refractivity (Wildman–Crippen MR) is 70.4 cm³/mol. The Morgan fingerprint density at radius 3 is 2.47 bits per heavy atom. The summed E-state index contributed by atoms with van der Waals surface area (Å²) in [5, 5.41) is 2.87. The van der Waals surface area contributed by atoms with E-state index in [-0.39, 0.29) is 11.9 Å². The maximum absolute atomic E-state index is 11.9. The minimum absolute atomic E-state index is 0.00379. The van der Waals surface area contributed by atoms with Gasteiger partial charge < -0.3 is 9.73 Å². The van der Waals surface area contributed by atoms with E-state index < -0.39 is 10.0 Å². The molecule has 0 radical (unpaired) electrons. The molecule has 0 aromatic carbocycles. The lowest BCUT2D eigenvalue weighted by Crippen LogP contribution is -2.46. The van der Waals surface area contributed by atoms with Crippen molar-refractivity contribution in [2.45, 2.75) is 25.8 Å². The first-order valence-corrected chi connectivity index (χ1v) is 8.03. The highest BCUT2D eigenvalue weighted by Crippen LogP contribution is 2.14. The van der Waals surface area contributed by atoms with Gasteiger partial charge in [-0.1, -0.05) is 0 Å². The van der Waals surface area contributed by atoms with Crippen LogP contribution in [0.5, 0.6) is 0 Å². The van der Waals surface area contributed by atoms with E-state index in [9.17, 15) is 13.2 Å². The summed E-state index contributed by atoms with van der Waals surface area (Å²) in [5.74, 6) is 0.742. The molecule has 2 heterocycles. The van der Waals surface area contributed by atoms with Gasteiger partial charge in [-0.3, -0.25) is 4.79 Å². The fourth-order valence-electron chi connectivity index (χ4n) is 2.14. The summed E-state index contributed by atoms with van der Waals surface area (Å²) in [7, 11) is -3.12. The van der Waals surface area contributed by atoms with E-state index in [1.807, 2.05) is 0 Å². The molecule has 1 aliphatic heterocycles. The standard InChI is InChI=1S/C12H18N2O4S/c1-9-3-4-11(18-9)12(15)13-10-5-7-14(8-6-10)19(2,16)17/h3-4,10H,5-8H2,1-2H3,(H,13,15). The fraction of sp³-hybridized carbons (Fsp3) is 0.583. The highest BCUT2D eigenvalue weighted by Gasteiger charge is 2.26. The molecule has 0 aliphatic carbocycles. The Bertz CT molecular complexity index is 556.